The molecule has 2 aliphatic carbocycles. The average molecular weight is 896 g/mol. The van der Waals surface area contributed by atoms with Crippen molar-refractivity contribution >= 4 is 55.9 Å². The van der Waals surface area contributed by atoms with Crippen LogP contribution in [0.4, 0.5) is 20.2 Å². The fraction of sp³-hybridized carbons (Fsp3) is 0.521. The van der Waals surface area contributed by atoms with Crippen LogP contribution in [-0.2, 0) is 19.8 Å². The number of hydrogen-bond donors (Lipinski definition) is 0. The number of hydrogen-bond acceptors (Lipinski definition) is 7. The van der Waals surface area contributed by atoms with Gasteiger partial charge in [-0.15, -0.1) is 0 Å². The highest BCUT2D eigenvalue weighted by atomic mass is 79.9. The summed E-state index contributed by atoms with van der Waals surface area (Å²) in [6.45, 7) is 4.54. The lowest BCUT2D eigenvalue weighted by Crippen LogP contribution is -2.51. The number of nitrogens with zero attached hydrogens (tertiary/aromatic N) is 6. The molecule has 320 valence electrons. The third-order valence-corrected chi connectivity index (χ3v) is 15.7. The van der Waals surface area contributed by atoms with E-state index in [9.17, 15) is 19.2 Å². The number of piperidine rings is 2. The smallest absolute Gasteiger partial charge is 0.281 e. The summed E-state index contributed by atoms with van der Waals surface area (Å²) < 4.78 is 33.8. The summed E-state index contributed by atoms with van der Waals surface area (Å²) in [6.07, 6.45) is 12.3. The lowest BCUT2D eigenvalue weighted by molar-refractivity contribution is -0.137. The number of amides is 3. The Hall–Kier alpha value is -4.49. The molecule has 10 rings (SSSR count). The number of fused-ring (bicyclic) bond motifs is 7. The molecule has 0 unspecified atom stereocenters. The highest BCUT2D eigenvalue weighted by Gasteiger charge is 2.47. The second-order valence-corrected chi connectivity index (χ2v) is 19.3. The quantitative estimate of drug-likeness (QED) is 0.180. The van der Waals surface area contributed by atoms with Gasteiger partial charge < -0.3 is 14.7 Å². The number of carbonyl (C=O) groups is 3. The van der Waals surface area contributed by atoms with Crippen LogP contribution >= 0.6 is 15.9 Å². The maximum Gasteiger partial charge on any atom is 0.281 e. The van der Waals surface area contributed by atoms with Gasteiger partial charge in [0.15, 0.2) is 11.6 Å². The van der Waals surface area contributed by atoms with E-state index in [0.29, 0.717) is 49.8 Å². The van der Waals surface area contributed by atoms with Gasteiger partial charge in [0.05, 0.1) is 27.7 Å². The van der Waals surface area contributed by atoms with Crippen LogP contribution in [0.25, 0.3) is 16.6 Å². The summed E-state index contributed by atoms with van der Waals surface area (Å²) in [5.74, 6) is -0.450. The van der Waals surface area contributed by atoms with Gasteiger partial charge in [-0.25, -0.2) is 8.78 Å². The van der Waals surface area contributed by atoms with Crippen molar-refractivity contribution in [2.24, 2.45) is 11.8 Å². The van der Waals surface area contributed by atoms with Crippen molar-refractivity contribution in [3.8, 4) is 5.69 Å². The number of halogens is 3. The van der Waals surface area contributed by atoms with Crippen molar-refractivity contribution in [1.82, 2.24) is 19.4 Å². The molecular weight excluding hydrogens is 842 g/mol. The Morgan fingerprint density at radius 2 is 1.48 bits per heavy atom. The monoisotopic (exact) mass is 894 g/mol. The van der Waals surface area contributed by atoms with Gasteiger partial charge >= 0.3 is 0 Å². The van der Waals surface area contributed by atoms with E-state index in [1.165, 1.54) is 23.2 Å². The first-order valence-electron chi connectivity index (χ1n) is 22.6. The zero-order valence-corrected chi connectivity index (χ0v) is 36.2. The minimum atomic E-state index is -0.815. The van der Waals surface area contributed by atoms with Gasteiger partial charge in [-0.1, -0.05) is 37.5 Å². The molecule has 3 aromatic carbocycles. The summed E-state index contributed by atoms with van der Waals surface area (Å²) in [5.41, 5.74) is 4.21. The Kier molecular flexibility index (Phi) is 10.9. The molecule has 3 amide bonds. The first-order valence-corrected chi connectivity index (χ1v) is 23.4. The van der Waals surface area contributed by atoms with Crippen molar-refractivity contribution in [2.45, 2.75) is 101 Å². The first kappa shape index (κ1) is 40.6. The normalized spacial score (nSPS) is 23.5. The van der Waals surface area contributed by atoms with E-state index < -0.39 is 23.4 Å². The Morgan fingerprint density at radius 1 is 0.787 bits per heavy atom. The molecular formula is C48H53BrF2N6O4. The highest BCUT2D eigenvalue weighted by molar-refractivity contribution is 9.10. The summed E-state index contributed by atoms with van der Waals surface area (Å²) in [7, 11) is 0. The number of anilines is 2. The minimum absolute atomic E-state index is 0.0230. The zero-order chi connectivity index (χ0) is 42.0. The van der Waals surface area contributed by atoms with E-state index in [0.717, 1.165) is 117 Å². The molecule has 1 spiro atoms. The molecule has 3 saturated heterocycles. The lowest BCUT2D eigenvalue weighted by Gasteiger charge is -2.40. The molecule has 1 aromatic heterocycles. The van der Waals surface area contributed by atoms with Crippen LogP contribution in [-0.4, -0.2) is 82.9 Å². The van der Waals surface area contributed by atoms with Gasteiger partial charge in [0.1, 0.15) is 11.5 Å². The summed E-state index contributed by atoms with van der Waals surface area (Å²) >= 11 is 3.64. The van der Waals surface area contributed by atoms with Gasteiger partial charge in [0, 0.05) is 68.1 Å². The number of benzene rings is 3. The number of likely N-dealkylation sites (tertiary alicyclic amines) is 1. The fourth-order valence-electron chi connectivity index (χ4n) is 11.8. The Bertz CT molecular complexity index is 2420. The van der Waals surface area contributed by atoms with Gasteiger partial charge in [-0.05, 0) is 128 Å². The zero-order valence-electron chi connectivity index (χ0n) is 34.7. The molecule has 0 atom stereocenters. The first-order chi connectivity index (χ1) is 29.6. The second-order valence-electron chi connectivity index (χ2n) is 18.5. The topological polar surface area (TPSA) is 99.1 Å². The van der Waals surface area contributed by atoms with Crippen molar-refractivity contribution in [1.29, 1.82) is 0 Å². The van der Waals surface area contributed by atoms with Crippen molar-refractivity contribution < 1.29 is 23.2 Å². The van der Waals surface area contributed by atoms with Gasteiger partial charge in [-0.2, -0.15) is 4.98 Å². The van der Waals surface area contributed by atoms with Crippen LogP contribution in [0.2, 0.25) is 0 Å². The number of carbonyl (C=O) groups excluding carboxylic acids is 3. The number of rotatable bonds is 6. The average Bonchev–Trinajstić information content (AvgIpc) is 3.51. The molecule has 0 bridgehead atoms. The SMILES string of the molecule is O=C(C1CCC(CN2CCC(c3ccc4c(c3)-n3c(nc(=O)c5c(Br)cccc53)C43CCCCC3)CC2)CC1)N1CCN(c2c(F)cc(N3C(=O)CCCC3=O)cc2F)CC1. The molecule has 4 aliphatic heterocycles. The Labute approximate surface area is 363 Å². The maximum atomic E-state index is 15.3. The molecule has 10 nitrogen and oxygen atoms in total. The lowest BCUT2D eigenvalue weighted by atomic mass is 9.69. The van der Waals surface area contributed by atoms with E-state index in [1.54, 1.807) is 4.90 Å². The molecule has 5 fully saturated rings. The summed E-state index contributed by atoms with van der Waals surface area (Å²) in [5, 5.41) is 0.643. The molecule has 5 heterocycles. The molecule has 13 heteroatoms. The van der Waals surface area contributed by atoms with Crippen LogP contribution in [0.5, 0.6) is 0 Å². The summed E-state index contributed by atoms with van der Waals surface area (Å²) in [4.78, 5) is 63.6. The Morgan fingerprint density at radius 3 is 2.16 bits per heavy atom. The summed E-state index contributed by atoms with van der Waals surface area (Å²) in [6, 6.07) is 15.3. The molecule has 4 aromatic rings. The highest BCUT2D eigenvalue weighted by Crippen LogP contribution is 2.52. The number of imide groups is 1. The van der Waals surface area contributed by atoms with Crippen LogP contribution in [0.1, 0.15) is 113 Å². The van der Waals surface area contributed by atoms with E-state index >= 15 is 8.78 Å². The molecule has 61 heavy (non-hydrogen) atoms. The van der Waals surface area contributed by atoms with Crippen molar-refractivity contribution in [3.63, 3.8) is 0 Å². The Balaban J connectivity index is 0.730. The fourth-order valence-corrected chi connectivity index (χ4v) is 12.3. The van der Waals surface area contributed by atoms with Gasteiger partial charge in [0.25, 0.3) is 5.56 Å². The minimum Gasteiger partial charge on any atom is -0.363 e. The van der Waals surface area contributed by atoms with Crippen LogP contribution < -0.4 is 15.4 Å². The third kappa shape index (κ3) is 7.21. The van der Waals surface area contributed by atoms with E-state index in [1.807, 2.05) is 17.0 Å². The van der Waals surface area contributed by atoms with E-state index in [2.05, 4.69) is 49.7 Å². The molecule has 6 aliphatic rings. The predicted molar refractivity (Wildman–Crippen MR) is 234 cm³/mol. The van der Waals surface area contributed by atoms with Gasteiger partial charge in [-0.3, -0.25) is 28.6 Å². The number of piperazine rings is 1. The van der Waals surface area contributed by atoms with Gasteiger partial charge in [0.2, 0.25) is 17.7 Å². The molecule has 2 saturated carbocycles. The third-order valence-electron chi connectivity index (χ3n) is 15.0. The number of aromatic nitrogens is 2. The van der Waals surface area contributed by atoms with Crippen LogP contribution in [0, 0.1) is 23.5 Å². The van der Waals surface area contributed by atoms with Crippen LogP contribution in [0.3, 0.4) is 0 Å². The maximum absolute atomic E-state index is 15.3. The second kappa shape index (κ2) is 16.3. The van der Waals surface area contributed by atoms with E-state index in [-0.39, 0.29) is 47.0 Å². The van der Waals surface area contributed by atoms with Crippen molar-refractivity contribution in [3.05, 3.63) is 91.9 Å². The largest absolute Gasteiger partial charge is 0.363 e. The predicted octanol–water partition coefficient (Wildman–Crippen LogP) is 8.37. The molecule has 0 radical (unpaired) electrons. The van der Waals surface area contributed by atoms with Crippen molar-refractivity contribution in [2.75, 3.05) is 55.6 Å². The van der Waals surface area contributed by atoms with E-state index in [4.69, 9.17) is 4.98 Å². The standard InChI is InChI=1S/C48H53BrF2N6O4/c49-36-6-4-7-39-43(36)45(60)52-47-48(18-2-1-3-19-48)35-15-14-33(26-40(35)57(39)47)31-16-20-53(21-17-31)29-30-10-12-32(13-11-30)46(61)55-24-22-54(23-25-55)44-37(50)27-34(28-38(44)51)56-41(58)8-5-9-42(56)59/h4,6-7,14-15,26-28,30-32H,1-3,5,8-13,16-25,29H2. The molecule has 0 N–H and O–H groups in total. The van der Waals surface area contributed by atoms with Crippen LogP contribution in [0.15, 0.2) is 57.8 Å².